The summed E-state index contributed by atoms with van der Waals surface area (Å²) in [7, 11) is 3.85. The summed E-state index contributed by atoms with van der Waals surface area (Å²) in [6.07, 6.45) is 4.95. The number of hydrogen-bond acceptors (Lipinski definition) is 2. The smallest absolute Gasteiger partial charge is 0.193 e. The largest absolute Gasteiger partial charge is 0.356 e. The fourth-order valence-corrected chi connectivity index (χ4v) is 3.00. The number of benzene rings is 1. The number of rotatable bonds is 5. The van der Waals surface area contributed by atoms with Crippen LogP contribution in [0.25, 0.3) is 5.65 Å². The van der Waals surface area contributed by atoms with E-state index in [0.29, 0.717) is 0 Å². The number of nitrogens with zero attached hydrogens (tertiary/aromatic N) is 4. The molecule has 138 valence electrons. The van der Waals surface area contributed by atoms with Crippen molar-refractivity contribution in [2.75, 3.05) is 20.6 Å². The van der Waals surface area contributed by atoms with Gasteiger partial charge < -0.3 is 14.6 Å². The summed E-state index contributed by atoms with van der Waals surface area (Å²) < 4.78 is 3.14. The maximum atomic E-state index is 4.62. The van der Waals surface area contributed by atoms with Crippen LogP contribution in [0.3, 0.4) is 0 Å². The highest BCUT2D eigenvalue weighted by Gasteiger charge is 2.07. The summed E-state index contributed by atoms with van der Waals surface area (Å²) in [5, 5.41) is 3.41. The van der Waals surface area contributed by atoms with Gasteiger partial charge in [-0.2, -0.15) is 0 Å². The van der Waals surface area contributed by atoms with Gasteiger partial charge >= 0.3 is 0 Å². The lowest BCUT2D eigenvalue weighted by Gasteiger charge is -2.22. The molecular weight excluding hydrogens is 505 g/mol. The van der Waals surface area contributed by atoms with Crippen LogP contribution in [0.5, 0.6) is 0 Å². The second kappa shape index (κ2) is 9.91. The Morgan fingerprint density at radius 3 is 2.69 bits per heavy atom. The molecule has 0 aliphatic rings. The highest BCUT2D eigenvalue weighted by atomic mass is 127. The molecule has 1 N–H and O–H groups in total. The fourth-order valence-electron chi connectivity index (χ4n) is 2.73. The van der Waals surface area contributed by atoms with E-state index in [1.165, 1.54) is 5.56 Å². The highest BCUT2D eigenvalue weighted by Crippen LogP contribution is 2.12. The van der Waals surface area contributed by atoms with Crippen molar-refractivity contribution in [3.8, 4) is 0 Å². The van der Waals surface area contributed by atoms with Crippen LogP contribution in [0.15, 0.2) is 64.3 Å². The van der Waals surface area contributed by atoms with Crippen LogP contribution in [0.1, 0.15) is 11.3 Å². The maximum Gasteiger partial charge on any atom is 0.193 e. The molecule has 7 heteroatoms. The molecule has 0 aliphatic carbocycles. The maximum absolute atomic E-state index is 4.62. The van der Waals surface area contributed by atoms with Crippen LogP contribution in [-0.2, 0) is 13.0 Å². The van der Waals surface area contributed by atoms with E-state index in [9.17, 15) is 0 Å². The number of guanidine groups is 1. The topological polar surface area (TPSA) is 44.9 Å². The molecule has 0 saturated heterocycles. The molecule has 0 saturated carbocycles. The van der Waals surface area contributed by atoms with Gasteiger partial charge in [0.2, 0.25) is 0 Å². The van der Waals surface area contributed by atoms with Crippen molar-refractivity contribution in [2.45, 2.75) is 13.0 Å². The van der Waals surface area contributed by atoms with Crippen LogP contribution in [0.4, 0.5) is 0 Å². The van der Waals surface area contributed by atoms with E-state index in [2.05, 4.69) is 66.6 Å². The molecular formula is C19H23BrIN5. The average molecular weight is 528 g/mol. The molecule has 2 aromatic heterocycles. The molecule has 5 nitrogen and oxygen atoms in total. The van der Waals surface area contributed by atoms with Crippen LogP contribution in [0.2, 0.25) is 0 Å². The van der Waals surface area contributed by atoms with Crippen molar-refractivity contribution in [2.24, 2.45) is 4.99 Å². The second-order valence-corrected chi connectivity index (χ2v) is 6.82. The molecule has 0 aliphatic heterocycles. The summed E-state index contributed by atoms with van der Waals surface area (Å²) >= 11 is 3.47. The van der Waals surface area contributed by atoms with Crippen LogP contribution in [-0.4, -0.2) is 40.9 Å². The lowest BCUT2D eigenvalue weighted by atomic mass is 10.2. The summed E-state index contributed by atoms with van der Waals surface area (Å²) in [6.45, 7) is 1.60. The van der Waals surface area contributed by atoms with Crippen molar-refractivity contribution < 1.29 is 0 Å². The number of halogens is 2. The zero-order valence-corrected chi connectivity index (χ0v) is 18.8. The molecule has 0 radical (unpaired) electrons. The van der Waals surface area contributed by atoms with Gasteiger partial charge in [-0.05, 0) is 29.8 Å². The fraction of sp³-hybridized carbons (Fsp3) is 0.263. The Labute approximate surface area is 179 Å². The third-order valence-corrected chi connectivity index (χ3v) is 4.51. The SMILES string of the molecule is CN=C(NCCc1cn2ccccc2n1)N(C)Cc1ccc(Br)cc1.I. The van der Waals surface area contributed by atoms with Crippen molar-refractivity contribution in [1.82, 2.24) is 19.6 Å². The number of hydrogen-bond donors (Lipinski definition) is 1. The standard InChI is InChI=1S/C19H22BrN5.HI/c1-21-19(24(2)13-15-6-8-16(20)9-7-15)22-11-10-17-14-25-12-4-3-5-18(25)23-17;/h3-9,12,14H,10-11,13H2,1-2H3,(H,21,22);1H. The number of imidazole rings is 1. The Hall–Kier alpha value is -1.61. The molecule has 0 spiro atoms. The van der Waals surface area contributed by atoms with Crippen molar-refractivity contribution >= 4 is 51.5 Å². The van der Waals surface area contributed by atoms with Gasteiger partial charge in [-0.1, -0.05) is 34.1 Å². The quantitative estimate of drug-likeness (QED) is 0.310. The minimum absolute atomic E-state index is 0. The molecule has 1 aromatic carbocycles. The Morgan fingerprint density at radius 2 is 2.00 bits per heavy atom. The van der Waals surface area contributed by atoms with E-state index in [1.807, 2.05) is 42.9 Å². The minimum atomic E-state index is 0. The third kappa shape index (κ3) is 5.44. The molecule has 26 heavy (non-hydrogen) atoms. The number of pyridine rings is 1. The van der Waals surface area contributed by atoms with Gasteiger partial charge in [0.1, 0.15) is 5.65 Å². The predicted octanol–water partition coefficient (Wildman–Crippen LogP) is 3.96. The normalized spacial score (nSPS) is 11.3. The highest BCUT2D eigenvalue weighted by molar-refractivity contribution is 14.0. The van der Waals surface area contributed by atoms with E-state index in [0.717, 1.165) is 41.3 Å². The summed E-state index contributed by atoms with van der Waals surface area (Å²) in [5.74, 6) is 0.881. The lowest BCUT2D eigenvalue weighted by Crippen LogP contribution is -2.39. The number of fused-ring (bicyclic) bond motifs is 1. The first kappa shape index (κ1) is 20.7. The van der Waals surface area contributed by atoms with Crippen molar-refractivity contribution in [3.63, 3.8) is 0 Å². The Morgan fingerprint density at radius 1 is 1.23 bits per heavy atom. The molecule has 0 amide bonds. The molecule has 2 heterocycles. The predicted molar refractivity (Wildman–Crippen MR) is 121 cm³/mol. The lowest BCUT2D eigenvalue weighted by molar-refractivity contribution is 0.477. The molecule has 0 bridgehead atoms. The monoisotopic (exact) mass is 527 g/mol. The van der Waals surface area contributed by atoms with Gasteiger partial charge in [0.25, 0.3) is 0 Å². The first-order valence-electron chi connectivity index (χ1n) is 8.24. The Balaban J connectivity index is 0.00000243. The number of nitrogens with one attached hydrogen (secondary N) is 1. The van der Waals surface area contributed by atoms with Gasteiger partial charge in [-0.15, -0.1) is 24.0 Å². The van der Waals surface area contributed by atoms with Gasteiger partial charge in [-0.25, -0.2) is 4.98 Å². The van der Waals surface area contributed by atoms with Crippen LogP contribution in [0, 0.1) is 0 Å². The summed E-state index contributed by atoms with van der Waals surface area (Å²) in [6, 6.07) is 14.4. The third-order valence-electron chi connectivity index (χ3n) is 3.98. The average Bonchev–Trinajstić information content (AvgIpc) is 3.03. The van der Waals surface area contributed by atoms with E-state index in [4.69, 9.17) is 0 Å². The first-order valence-corrected chi connectivity index (χ1v) is 9.04. The van der Waals surface area contributed by atoms with Crippen molar-refractivity contribution in [3.05, 3.63) is 70.6 Å². The van der Waals surface area contributed by atoms with Crippen LogP contribution >= 0.6 is 39.9 Å². The van der Waals surface area contributed by atoms with E-state index >= 15 is 0 Å². The number of aromatic nitrogens is 2. The molecule has 0 unspecified atom stereocenters. The van der Waals surface area contributed by atoms with Gasteiger partial charge in [0, 0.05) is 50.5 Å². The number of aliphatic imine (C=N–C) groups is 1. The zero-order valence-electron chi connectivity index (χ0n) is 14.9. The van der Waals surface area contributed by atoms with E-state index < -0.39 is 0 Å². The summed E-state index contributed by atoms with van der Waals surface area (Å²) in [4.78, 5) is 11.1. The van der Waals surface area contributed by atoms with Gasteiger partial charge in [-0.3, -0.25) is 4.99 Å². The molecule has 0 fully saturated rings. The van der Waals surface area contributed by atoms with E-state index in [-0.39, 0.29) is 24.0 Å². The first-order chi connectivity index (χ1) is 12.2. The van der Waals surface area contributed by atoms with Gasteiger partial charge in [0.15, 0.2) is 5.96 Å². The molecule has 0 atom stereocenters. The Bertz CT molecular complexity index is 827. The van der Waals surface area contributed by atoms with Gasteiger partial charge in [0.05, 0.1) is 5.69 Å². The second-order valence-electron chi connectivity index (χ2n) is 5.90. The molecule has 3 rings (SSSR count). The summed E-state index contributed by atoms with van der Waals surface area (Å²) in [5.41, 5.74) is 3.30. The van der Waals surface area contributed by atoms with E-state index in [1.54, 1.807) is 0 Å². The zero-order chi connectivity index (χ0) is 17.6. The Kier molecular flexibility index (Phi) is 7.89. The minimum Gasteiger partial charge on any atom is -0.356 e. The molecule has 3 aromatic rings. The van der Waals surface area contributed by atoms with Crippen LogP contribution < -0.4 is 5.32 Å². The van der Waals surface area contributed by atoms with Crippen molar-refractivity contribution in [1.29, 1.82) is 0 Å².